The quantitative estimate of drug-likeness (QED) is 0.544. The van der Waals surface area contributed by atoms with E-state index in [1.54, 1.807) is 41.4 Å². The van der Waals surface area contributed by atoms with E-state index in [9.17, 15) is 9.59 Å². The Morgan fingerprint density at radius 1 is 1.03 bits per heavy atom. The topological polar surface area (TPSA) is 73.9 Å². The minimum absolute atomic E-state index is 0.187. The fraction of sp³-hybridized carbons (Fsp3) is 0.407. The third kappa shape index (κ3) is 6.80. The molecule has 0 radical (unpaired) electrons. The van der Waals surface area contributed by atoms with E-state index in [1.165, 1.54) is 16.8 Å². The summed E-state index contributed by atoms with van der Waals surface area (Å²) in [4.78, 5) is 30.2. The molecule has 1 saturated heterocycles. The van der Waals surface area contributed by atoms with Gasteiger partial charge in [-0.2, -0.15) is 0 Å². The van der Waals surface area contributed by atoms with Gasteiger partial charge in [0, 0.05) is 49.6 Å². The molecule has 0 unspecified atom stereocenters. The van der Waals surface area contributed by atoms with E-state index in [0.717, 1.165) is 44.9 Å². The first-order valence-corrected chi connectivity index (χ1v) is 13.2. The highest BCUT2D eigenvalue weighted by Crippen LogP contribution is 2.23. The summed E-state index contributed by atoms with van der Waals surface area (Å²) in [5.41, 5.74) is 4.89. The van der Waals surface area contributed by atoms with Crippen molar-refractivity contribution in [1.29, 1.82) is 0 Å². The number of anilines is 2. The molecule has 0 spiro atoms. The zero-order chi connectivity index (χ0) is 24.6. The third-order valence-corrected chi connectivity index (χ3v) is 7.09. The summed E-state index contributed by atoms with van der Waals surface area (Å²) in [6.07, 6.45) is 0.877. The smallest absolute Gasteiger partial charge is 0.291 e. The Balaban J connectivity index is 1.21. The average Bonchev–Trinajstić information content (AvgIpc) is 2.89. The van der Waals surface area contributed by atoms with Crippen molar-refractivity contribution in [3.63, 3.8) is 0 Å². The van der Waals surface area contributed by atoms with E-state index >= 15 is 0 Å². The van der Waals surface area contributed by atoms with E-state index < -0.39 is 0 Å². The van der Waals surface area contributed by atoms with E-state index in [0.29, 0.717) is 24.4 Å². The predicted octanol–water partition coefficient (Wildman–Crippen LogP) is 3.79. The molecule has 2 amide bonds. The summed E-state index contributed by atoms with van der Waals surface area (Å²) in [7, 11) is 0. The summed E-state index contributed by atoms with van der Waals surface area (Å²) < 4.78 is 5.41. The van der Waals surface area contributed by atoms with Crippen molar-refractivity contribution in [2.24, 2.45) is 0 Å². The van der Waals surface area contributed by atoms with Crippen LogP contribution in [-0.2, 0) is 9.53 Å². The lowest BCUT2D eigenvalue weighted by Gasteiger charge is -2.37. The van der Waals surface area contributed by atoms with E-state index in [1.807, 2.05) is 0 Å². The number of rotatable bonds is 8. The normalized spacial score (nSPS) is 16.3. The summed E-state index contributed by atoms with van der Waals surface area (Å²) in [6.45, 7) is 10.4. The Morgan fingerprint density at radius 2 is 1.83 bits per heavy atom. The van der Waals surface area contributed by atoms with Gasteiger partial charge in [0.25, 0.3) is 11.8 Å². The molecule has 0 saturated carbocycles. The Kier molecular flexibility index (Phi) is 8.71. The maximum atomic E-state index is 12.8. The highest BCUT2D eigenvalue weighted by molar-refractivity contribution is 8.02. The van der Waals surface area contributed by atoms with Crippen LogP contribution in [0.25, 0.3) is 0 Å². The maximum Gasteiger partial charge on any atom is 0.291 e. The van der Waals surface area contributed by atoms with Gasteiger partial charge in [0.2, 0.25) is 0 Å². The first-order valence-electron chi connectivity index (χ1n) is 12.2. The summed E-state index contributed by atoms with van der Waals surface area (Å²) in [5, 5.41) is 7.52. The van der Waals surface area contributed by atoms with Crippen molar-refractivity contribution < 1.29 is 14.3 Å². The molecule has 2 aromatic carbocycles. The Bertz CT molecular complexity index is 1080. The van der Waals surface area contributed by atoms with Crippen LogP contribution in [0, 0.1) is 13.8 Å². The first kappa shape index (κ1) is 25.1. The predicted molar refractivity (Wildman–Crippen MR) is 143 cm³/mol. The minimum Gasteiger partial charge on any atom is -0.487 e. The molecule has 8 heteroatoms. The van der Waals surface area contributed by atoms with Gasteiger partial charge < -0.3 is 20.3 Å². The van der Waals surface area contributed by atoms with Crippen LogP contribution in [0.4, 0.5) is 11.4 Å². The number of hydrogen-bond acceptors (Lipinski definition) is 6. The van der Waals surface area contributed by atoms with Crippen LogP contribution >= 0.6 is 11.8 Å². The summed E-state index contributed by atoms with van der Waals surface area (Å²) >= 11 is 1.54. The van der Waals surface area contributed by atoms with Crippen LogP contribution in [0.15, 0.2) is 53.6 Å². The molecule has 0 bridgehead atoms. The van der Waals surface area contributed by atoms with Crippen LogP contribution in [0.2, 0.25) is 0 Å². The number of nitrogens with one attached hydrogen (secondary N) is 2. The number of nitrogens with zero attached hydrogens (tertiary/aromatic N) is 2. The zero-order valence-corrected chi connectivity index (χ0v) is 21.3. The lowest BCUT2D eigenvalue weighted by Crippen LogP contribution is -2.47. The second-order valence-corrected chi connectivity index (χ2v) is 9.91. The van der Waals surface area contributed by atoms with E-state index in [-0.39, 0.29) is 17.6 Å². The van der Waals surface area contributed by atoms with Crippen LogP contribution in [0.1, 0.15) is 27.9 Å². The molecule has 35 heavy (non-hydrogen) atoms. The molecule has 4 rings (SSSR count). The van der Waals surface area contributed by atoms with Gasteiger partial charge >= 0.3 is 0 Å². The highest BCUT2D eigenvalue weighted by Gasteiger charge is 2.20. The number of hydrogen-bond donors (Lipinski definition) is 2. The monoisotopic (exact) mass is 494 g/mol. The van der Waals surface area contributed by atoms with Crippen molar-refractivity contribution in [1.82, 2.24) is 10.2 Å². The SMILES string of the molecule is Cc1ccc(C)c(N2CCN(CCCNC(=O)c3ccccc3NC(=O)C3=CSCCO3)CC2)c1. The lowest BCUT2D eigenvalue weighted by molar-refractivity contribution is -0.116. The molecule has 0 aromatic heterocycles. The fourth-order valence-electron chi connectivity index (χ4n) is 4.33. The fourth-order valence-corrected chi connectivity index (χ4v) is 4.96. The molecular weight excluding hydrogens is 460 g/mol. The molecule has 2 heterocycles. The second-order valence-electron chi connectivity index (χ2n) is 8.93. The van der Waals surface area contributed by atoms with Gasteiger partial charge in [-0.05, 0) is 56.1 Å². The van der Waals surface area contributed by atoms with Crippen molar-refractivity contribution in [3.05, 3.63) is 70.3 Å². The van der Waals surface area contributed by atoms with Crippen LogP contribution in [-0.4, -0.2) is 68.3 Å². The second kappa shape index (κ2) is 12.1. The molecule has 1 fully saturated rings. The standard InChI is InChI=1S/C27H34N4O3S/c1-20-8-9-21(2)24(18-20)31-14-12-30(13-15-31)11-5-10-28-26(32)22-6-3-4-7-23(22)29-27(33)25-19-35-17-16-34-25/h3-4,6-9,18-19H,5,10-17H2,1-2H3,(H,28,32)(H,29,33). The molecule has 186 valence electrons. The summed E-state index contributed by atoms with van der Waals surface area (Å²) in [5.74, 6) is 0.595. The van der Waals surface area contributed by atoms with Crippen LogP contribution < -0.4 is 15.5 Å². The number of para-hydroxylation sites is 1. The molecule has 0 atom stereocenters. The molecular formula is C27H34N4O3S. The third-order valence-electron chi connectivity index (χ3n) is 6.31. The van der Waals surface area contributed by atoms with Crippen molar-refractivity contribution in [2.45, 2.75) is 20.3 Å². The largest absolute Gasteiger partial charge is 0.487 e. The van der Waals surface area contributed by atoms with Crippen molar-refractivity contribution in [3.8, 4) is 0 Å². The van der Waals surface area contributed by atoms with Crippen molar-refractivity contribution >= 4 is 35.0 Å². The molecule has 0 aliphatic carbocycles. The number of amides is 2. The van der Waals surface area contributed by atoms with Gasteiger partial charge in [-0.1, -0.05) is 24.3 Å². The van der Waals surface area contributed by atoms with E-state index in [4.69, 9.17) is 4.74 Å². The number of carbonyl (C=O) groups is 2. The first-order chi connectivity index (χ1) is 17.0. The number of carbonyl (C=O) groups excluding carboxylic acids is 2. The lowest BCUT2D eigenvalue weighted by atomic mass is 10.1. The van der Waals surface area contributed by atoms with Gasteiger partial charge in [0.1, 0.15) is 0 Å². The molecule has 2 aromatic rings. The number of aryl methyl sites for hydroxylation is 2. The maximum absolute atomic E-state index is 12.8. The molecule has 2 N–H and O–H groups in total. The number of piperazine rings is 1. The number of ether oxygens (including phenoxy) is 1. The number of thioether (sulfide) groups is 1. The highest BCUT2D eigenvalue weighted by atomic mass is 32.2. The van der Waals surface area contributed by atoms with Gasteiger partial charge in [-0.3, -0.25) is 14.5 Å². The van der Waals surface area contributed by atoms with Gasteiger partial charge in [0.15, 0.2) is 5.76 Å². The van der Waals surface area contributed by atoms with Gasteiger partial charge in [0.05, 0.1) is 17.9 Å². The van der Waals surface area contributed by atoms with Crippen LogP contribution in [0.3, 0.4) is 0 Å². The van der Waals surface area contributed by atoms with Gasteiger partial charge in [-0.15, -0.1) is 11.8 Å². The molecule has 7 nitrogen and oxygen atoms in total. The Labute approximate surface area is 211 Å². The minimum atomic E-state index is -0.336. The van der Waals surface area contributed by atoms with Crippen LogP contribution in [0.5, 0.6) is 0 Å². The molecule has 2 aliphatic rings. The van der Waals surface area contributed by atoms with Crippen molar-refractivity contribution in [2.75, 3.05) is 61.8 Å². The molecule has 2 aliphatic heterocycles. The Hall–Kier alpha value is -2.97. The average molecular weight is 495 g/mol. The number of benzene rings is 2. The summed E-state index contributed by atoms with van der Waals surface area (Å²) in [6, 6.07) is 13.7. The zero-order valence-electron chi connectivity index (χ0n) is 20.5. The van der Waals surface area contributed by atoms with E-state index in [2.05, 4.69) is 52.5 Å². The Morgan fingerprint density at radius 3 is 2.60 bits per heavy atom. The van der Waals surface area contributed by atoms with Gasteiger partial charge in [-0.25, -0.2) is 0 Å².